The summed E-state index contributed by atoms with van der Waals surface area (Å²) in [6, 6.07) is 4.43. The standard InChI is InChI=1S/C11H13BrN4O4/c1-2-20-11(17)6-10(13)15-14-8-4-3-7(12)5-9(8)16(18)19/h3-5,14H,2,6H2,1H3,(H2,13,15). The molecule has 0 radical (unpaired) electrons. The minimum Gasteiger partial charge on any atom is -0.466 e. The number of amidine groups is 1. The van der Waals surface area contributed by atoms with Gasteiger partial charge in [-0.15, -0.1) is 0 Å². The van der Waals surface area contributed by atoms with Crippen LogP contribution >= 0.6 is 15.9 Å². The molecule has 1 aromatic carbocycles. The first-order valence-electron chi connectivity index (χ1n) is 5.61. The van der Waals surface area contributed by atoms with Crippen LogP contribution in [-0.4, -0.2) is 23.3 Å². The zero-order valence-electron chi connectivity index (χ0n) is 10.6. The van der Waals surface area contributed by atoms with E-state index in [0.717, 1.165) is 0 Å². The van der Waals surface area contributed by atoms with Gasteiger partial charge in [-0.05, 0) is 19.1 Å². The van der Waals surface area contributed by atoms with Crippen molar-refractivity contribution in [3.63, 3.8) is 0 Å². The molecule has 3 N–H and O–H groups in total. The highest BCUT2D eigenvalue weighted by Crippen LogP contribution is 2.27. The lowest BCUT2D eigenvalue weighted by atomic mass is 10.3. The van der Waals surface area contributed by atoms with Gasteiger partial charge in [-0.2, -0.15) is 5.10 Å². The van der Waals surface area contributed by atoms with Gasteiger partial charge in [-0.25, -0.2) is 0 Å². The van der Waals surface area contributed by atoms with Crippen LogP contribution in [0.4, 0.5) is 11.4 Å². The third-order valence-corrected chi connectivity index (χ3v) is 2.60. The van der Waals surface area contributed by atoms with Crippen LogP contribution in [0, 0.1) is 10.1 Å². The summed E-state index contributed by atoms with van der Waals surface area (Å²) in [5, 5.41) is 14.6. The zero-order valence-corrected chi connectivity index (χ0v) is 12.2. The van der Waals surface area contributed by atoms with E-state index in [2.05, 4.69) is 26.5 Å². The van der Waals surface area contributed by atoms with Crippen LogP contribution in [0.2, 0.25) is 0 Å². The van der Waals surface area contributed by atoms with Crippen LogP contribution in [0.25, 0.3) is 0 Å². The first kappa shape index (κ1) is 15.9. The number of nitro groups is 1. The number of hydrogen-bond donors (Lipinski definition) is 2. The Hall–Kier alpha value is -2.16. The maximum atomic E-state index is 11.2. The lowest BCUT2D eigenvalue weighted by Gasteiger charge is -2.04. The number of anilines is 1. The van der Waals surface area contributed by atoms with E-state index in [1.165, 1.54) is 12.1 Å². The Balaban J connectivity index is 2.78. The highest BCUT2D eigenvalue weighted by Gasteiger charge is 2.14. The summed E-state index contributed by atoms with van der Waals surface area (Å²) in [6.07, 6.45) is -0.189. The highest BCUT2D eigenvalue weighted by atomic mass is 79.9. The highest BCUT2D eigenvalue weighted by molar-refractivity contribution is 9.10. The van der Waals surface area contributed by atoms with E-state index < -0.39 is 10.9 Å². The number of hydrogen-bond acceptors (Lipinski definition) is 6. The van der Waals surface area contributed by atoms with E-state index in [-0.39, 0.29) is 30.2 Å². The minimum absolute atomic E-state index is 0.0272. The summed E-state index contributed by atoms with van der Waals surface area (Å²) in [7, 11) is 0. The molecule has 0 amide bonds. The normalized spacial score (nSPS) is 11.0. The van der Waals surface area contributed by atoms with Gasteiger partial charge in [0.15, 0.2) is 0 Å². The summed E-state index contributed by atoms with van der Waals surface area (Å²) in [4.78, 5) is 21.5. The molecular formula is C11H13BrN4O4. The van der Waals surface area contributed by atoms with E-state index in [4.69, 9.17) is 10.5 Å². The van der Waals surface area contributed by atoms with Gasteiger partial charge in [-0.1, -0.05) is 15.9 Å². The molecule has 0 spiro atoms. The second kappa shape index (κ2) is 7.43. The fourth-order valence-electron chi connectivity index (χ4n) is 1.28. The number of hydrazone groups is 1. The van der Waals surface area contributed by atoms with Crippen molar-refractivity contribution in [2.45, 2.75) is 13.3 Å². The van der Waals surface area contributed by atoms with Gasteiger partial charge in [0.05, 0.1) is 11.5 Å². The molecule has 20 heavy (non-hydrogen) atoms. The van der Waals surface area contributed by atoms with Crippen LogP contribution in [0.3, 0.4) is 0 Å². The third-order valence-electron chi connectivity index (χ3n) is 2.11. The molecule has 8 nitrogen and oxygen atoms in total. The molecule has 0 saturated heterocycles. The van der Waals surface area contributed by atoms with E-state index in [9.17, 15) is 14.9 Å². The summed E-state index contributed by atoms with van der Waals surface area (Å²) >= 11 is 3.14. The second-order valence-electron chi connectivity index (χ2n) is 3.62. The van der Waals surface area contributed by atoms with Gasteiger partial charge in [-0.3, -0.25) is 20.3 Å². The van der Waals surface area contributed by atoms with Crippen LogP contribution in [0.15, 0.2) is 27.8 Å². The molecule has 0 unspecified atom stereocenters. The molecular weight excluding hydrogens is 332 g/mol. The second-order valence-corrected chi connectivity index (χ2v) is 4.53. The van der Waals surface area contributed by atoms with Gasteiger partial charge < -0.3 is 10.5 Å². The van der Waals surface area contributed by atoms with Gasteiger partial charge in [0, 0.05) is 10.5 Å². The molecule has 9 heteroatoms. The Morgan fingerprint density at radius 2 is 2.30 bits per heavy atom. The fraction of sp³-hybridized carbons (Fsp3) is 0.273. The molecule has 1 rings (SSSR count). The van der Waals surface area contributed by atoms with Crippen molar-refractivity contribution in [1.82, 2.24) is 0 Å². The number of halogens is 1. The number of nitrogens with two attached hydrogens (primary N) is 1. The van der Waals surface area contributed by atoms with E-state index in [1.54, 1.807) is 13.0 Å². The summed E-state index contributed by atoms with van der Waals surface area (Å²) in [5.74, 6) is -0.540. The number of carbonyl (C=O) groups excluding carboxylic acids is 1. The van der Waals surface area contributed by atoms with Crippen LogP contribution in [0.1, 0.15) is 13.3 Å². The average Bonchev–Trinajstić information content (AvgIpc) is 2.37. The lowest BCUT2D eigenvalue weighted by molar-refractivity contribution is -0.384. The van der Waals surface area contributed by atoms with Crippen molar-refractivity contribution in [3.8, 4) is 0 Å². The predicted molar refractivity (Wildman–Crippen MR) is 77.3 cm³/mol. The van der Waals surface area contributed by atoms with Crippen molar-refractivity contribution in [1.29, 1.82) is 0 Å². The van der Waals surface area contributed by atoms with Crippen molar-refractivity contribution >= 4 is 39.1 Å². The molecule has 0 saturated carbocycles. The van der Waals surface area contributed by atoms with E-state index >= 15 is 0 Å². The Kier molecular flexibility index (Phi) is 5.91. The average molecular weight is 345 g/mol. The Morgan fingerprint density at radius 1 is 1.60 bits per heavy atom. The quantitative estimate of drug-likeness (QED) is 0.267. The smallest absolute Gasteiger partial charge is 0.313 e. The molecule has 0 atom stereocenters. The van der Waals surface area contributed by atoms with Crippen LogP contribution in [-0.2, 0) is 9.53 Å². The summed E-state index contributed by atoms with van der Waals surface area (Å²) in [6.45, 7) is 1.92. The van der Waals surface area contributed by atoms with Crippen molar-refractivity contribution in [3.05, 3.63) is 32.8 Å². The molecule has 0 aliphatic rings. The summed E-state index contributed by atoms with van der Waals surface area (Å²) in [5.41, 5.74) is 7.99. The van der Waals surface area contributed by atoms with Gasteiger partial charge >= 0.3 is 5.97 Å². The fourth-order valence-corrected chi connectivity index (χ4v) is 1.63. The number of rotatable bonds is 6. The van der Waals surface area contributed by atoms with E-state index in [1.807, 2.05) is 0 Å². The molecule has 0 aromatic heterocycles. The maximum absolute atomic E-state index is 11.2. The first-order valence-corrected chi connectivity index (χ1v) is 6.41. The largest absolute Gasteiger partial charge is 0.466 e. The zero-order chi connectivity index (χ0) is 15.1. The number of carbonyl (C=O) groups is 1. The SMILES string of the molecule is CCOC(=O)C/C(N)=N\Nc1ccc(Br)cc1[N+](=O)[O-]. The van der Waals surface area contributed by atoms with Crippen molar-refractivity contribution in [2.75, 3.05) is 12.0 Å². The van der Waals surface area contributed by atoms with Crippen molar-refractivity contribution < 1.29 is 14.5 Å². The maximum Gasteiger partial charge on any atom is 0.313 e. The van der Waals surface area contributed by atoms with Gasteiger partial charge in [0.2, 0.25) is 0 Å². The van der Waals surface area contributed by atoms with Crippen LogP contribution in [0.5, 0.6) is 0 Å². The Labute approximate surface area is 123 Å². The molecule has 108 valence electrons. The number of ether oxygens (including phenoxy) is 1. The molecule has 0 bridgehead atoms. The number of benzene rings is 1. The molecule has 0 fully saturated rings. The van der Waals surface area contributed by atoms with Gasteiger partial charge in [0.1, 0.15) is 17.9 Å². The predicted octanol–water partition coefficient (Wildman–Crippen LogP) is 1.99. The molecule has 0 aliphatic carbocycles. The molecule has 0 aliphatic heterocycles. The molecule has 0 heterocycles. The third kappa shape index (κ3) is 4.84. The number of nitrogens with one attached hydrogen (secondary N) is 1. The topological polar surface area (TPSA) is 120 Å². The Bertz CT molecular complexity index is 547. The lowest BCUT2D eigenvalue weighted by Crippen LogP contribution is -2.20. The molecule has 1 aromatic rings. The monoisotopic (exact) mass is 344 g/mol. The number of nitro benzene ring substituents is 1. The van der Waals surface area contributed by atoms with E-state index in [0.29, 0.717) is 4.47 Å². The Morgan fingerprint density at radius 3 is 2.90 bits per heavy atom. The first-order chi connectivity index (χ1) is 9.43. The van der Waals surface area contributed by atoms with Gasteiger partial charge in [0.25, 0.3) is 5.69 Å². The number of esters is 1. The number of nitrogens with zero attached hydrogens (tertiary/aromatic N) is 2. The van der Waals surface area contributed by atoms with Crippen LogP contribution < -0.4 is 11.2 Å². The summed E-state index contributed by atoms with van der Waals surface area (Å²) < 4.78 is 5.27. The minimum atomic E-state index is -0.551. The van der Waals surface area contributed by atoms with Crippen molar-refractivity contribution in [2.24, 2.45) is 10.8 Å².